The highest BCUT2D eigenvalue weighted by atomic mass is 35.5. The first kappa shape index (κ1) is 22.4. The molecule has 2 atom stereocenters. The van der Waals surface area contributed by atoms with E-state index in [-0.39, 0.29) is 18.4 Å². The summed E-state index contributed by atoms with van der Waals surface area (Å²) in [5.41, 5.74) is 2.18. The van der Waals surface area contributed by atoms with Gasteiger partial charge in [-0.25, -0.2) is 9.40 Å². The molecule has 2 aromatic carbocycles. The van der Waals surface area contributed by atoms with Gasteiger partial charge in [-0.3, -0.25) is 9.59 Å². The van der Waals surface area contributed by atoms with Gasteiger partial charge >= 0.3 is 0 Å². The standard InChI is InChI=1S/C24H18ClFN4O3S/c25-15-5-3-14(4-6-15)18-12-19(20-2-1-11-33-20)30(29-18)24-28-23(32)21(34-24)13-22(31)27-17-9-7-16(26)8-10-17/h1-11,19,21H,12-13H2,(H,27,31)/t19-,21+/m1/s1. The normalized spacial score (nSPS) is 19.8. The fourth-order valence-electron chi connectivity index (χ4n) is 3.72. The molecule has 0 saturated heterocycles. The molecular formula is C24H18ClFN4O3S. The molecule has 2 aliphatic heterocycles. The van der Waals surface area contributed by atoms with Crippen molar-refractivity contribution in [2.75, 3.05) is 5.32 Å². The average molecular weight is 497 g/mol. The van der Waals surface area contributed by atoms with Gasteiger partial charge in [-0.1, -0.05) is 35.5 Å². The molecule has 2 aliphatic rings. The van der Waals surface area contributed by atoms with E-state index in [1.165, 1.54) is 36.0 Å². The summed E-state index contributed by atoms with van der Waals surface area (Å²) in [7, 11) is 0. The van der Waals surface area contributed by atoms with Gasteiger partial charge in [0, 0.05) is 23.6 Å². The second-order valence-electron chi connectivity index (χ2n) is 7.73. The van der Waals surface area contributed by atoms with E-state index >= 15 is 0 Å². The molecule has 1 aromatic heterocycles. The number of nitrogens with one attached hydrogen (secondary N) is 1. The molecule has 0 spiro atoms. The van der Waals surface area contributed by atoms with Crippen molar-refractivity contribution in [3.05, 3.63) is 89.1 Å². The van der Waals surface area contributed by atoms with Crippen LogP contribution in [0.4, 0.5) is 10.1 Å². The number of hydrogen-bond donors (Lipinski definition) is 1. The number of aliphatic imine (C=N–C) groups is 1. The Morgan fingerprint density at radius 2 is 1.94 bits per heavy atom. The van der Waals surface area contributed by atoms with Crippen LogP contribution >= 0.6 is 23.4 Å². The topological polar surface area (TPSA) is 87.3 Å². The number of amidine groups is 1. The van der Waals surface area contributed by atoms with Crippen molar-refractivity contribution < 1.29 is 18.4 Å². The maximum absolute atomic E-state index is 13.1. The van der Waals surface area contributed by atoms with E-state index in [9.17, 15) is 14.0 Å². The molecule has 0 unspecified atom stereocenters. The van der Waals surface area contributed by atoms with E-state index < -0.39 is 17.0 Å². The van der Waals surface area contributed by atoms with Crippen molar-refractivity contribution in [1.82, 2.24) is 5.01 Å². The average Bonchev–Trinajstić information content (AvgIpc) is 3.56. The molecule has 0 fully saturated rings. The maximum Gasteiger partial charge on any atom is 0.262 e. The van der Waals surface area contributed by atoms with Crippen molar-refractivity contribution in [3.8, 4) is 0 Å². The number of hydrazone groups is 1. The van der Waals surface area contributed by atoms with Crippen molar-refractivity contribution in [2.24, 2.45) is 10.1 Å². The maximum atomic E-state index is 13.1. The van der Waals surface area contributed by atoms with Gasteiger partial charge in [-0.05, 0) is 54.1 Å². The molecule has 1 N–H and O–H groups in total. The lowest BCUT2D eigenvalue weighted by atomic mass is 10.0. The number of rotatable bonds is 5. The van der Waals surface area contributed by atoms with E-state index in [1.54, 1.807) is 29.5 Å². The predicted octanol–water partition coefficient (Wildman–Crippen LogP) is 5.25. The van der Waals surface area contributed by atoms with Crippen LogP contribution in [0.15, 0.2) is 81.4 Å². The highest BCUT2D eigenvalue weighted by molar-refractivity contribution is 8.15. The van der Waals surface area contributed by atoms with Gasteiger partial charge in [0.2, 0.25) is 5.91 Å². The number of hydrogen-bond acceptors (Lipinski definition) is 6. The molecular weight excluding hydrogens is 479 g/mol. The van der Waals surface area contributed by atoms with Gasteiger partial charge in [-0.2, -0.15) is 10.1 Å². The zero-order valence-electron chi connectivity index (χ0n) is 17.7. The lowest BCUT2D eigenvalue weighted by molar-refractivity contribution is -0.121. The number of amides is 2. The summed E-state index contributed by atoms with van der Waals surface area (Å²) in [5.74, 6) is -0.459. The summed E-state index contributed by atoms with van der Waals surface area (Å²) in [6, 6.07) is 16.2. The molecule has 0 aliphatic carbocycles. The number of nitrogens with zero attached hydrogens (tertiary/aromatic N) is 3. The van der Waals surface area contributed by atoms with Crippen LogP contribution < -0.4 is 5.32 Å². The summed E-state index contributed by atoms with van der Waals surface area (Å²) >= 11 is 7.21. The Labute approximate surface area is 203 Å². The number of benzene rings is 2. The highest BCUT2D eigenvalue weighted by Gasteiger charge is 2.40. The number of furan rings is 1. The fourth-order valence-corrected chi connectivity index (χ4v) is 4.91. The van der Waals surface area contributed by atoms with Crippen LogP contribution in [0.1, 0.15) is 30.2 Å². The van der Waals surface area contributed by atoms with Crippen molar-refractivity contribution >= 4 is 51.7 Å². The molecule has 34 heavy (non-hydrogen) atoms. The molecule has 7 nitrogen and oxygen atoms in total. The van der Waals surface area contributed by atoms with Crippen LogP contribution in [0.5, 0.6) is 0 Å². The minimum Gasteiger partial charge on any atom is -0.467 e. The molecule has 0 bridgehead atoms. The Kier molecular flexibility index (Phi) is 6.21. The monoisotopic (exact) mass is 496 g/mol. The number of thioether (sulfide) groups is 1. The third-order valence-corrected chi connectivity index (χ3v) is 6.78. The summed E-state index contributed by atoms with van der Waals surface area (Å²) in [6.45, 7) is 0. The highest BCUT2D eigenvalue weighted by Crippen LogP contribution is 2.38. The van der Waals surface area contributed by atoms with Crippen LogP contribution in [0, 0.1) is 5.82 Å². The Morgan fingerprint density at radius 3 is 2.65 bits per heavy atom. The largest absolute Gasteiger partial charge is 0.467 e. The molecule has 5 rings (SSSR count). The lowest BCUT2D eigenvalue weighted by Crippen LogP contribution is -2.24. The summed E-state index contributed by atoms with van der Waals surface area (Å²) in [5, 5.41) is 9.46. The van der Waals surface area contributed by atoms with Gasteiger partial charge in [0.1, 0.15) is 22.9 Å². The van der Waals surface area contributed by atoms with Crippen LogP contribution in [0.2, 0.25) is 5.02 Å². The second-order valence-corrected chi connectivity index (χ2v) is 9.34. The number of carbonyl (C=O) groups excluding carboxylic acids is 2. The Morgan fingerprint density at radius 1 is 1.18 bits per heavy atom. The van der Waals surface area contributed by atoms with E-state index in [1.807, 2.05) is 18.2 Å². The van der Waals surface area contributed by atoms with Gasteiger partial charge in [0.05, 0.1) is 12.0 Å². The van der Waals surface area contributed by atoms with Gasteiger partial charge in [-0.15, -0.1) is 0 Å². The smallest absolute Gasteiger partial charge is 0.262 e. The van der Waals surface area contributed by atoms with Crippen LogP contribution in [0.25, 0.3) is 0 Å². The van der Waals surface area contributed by atoms with E-state index in [0.29, 0.717) is 28.1 Å². The summed E-state index contributed by atoms with van der Waals surface area (Å²) in [6.07, 6.45) is 2.07. The van der Waals surface area contributed by atoms with Gasteiger partial charge < -0.3 is 9.73 Å². The molecule has 0 radical (unpaired) electrons. The van der Waals surface area contributed by atoms with Crippen molar-refractivity contribution in [1.29, 1.82) is 0 Å². The van der Waals surface area contributed by atoms with Crippen LogP contribution in [-0.4, -0.2) is 33.0 Å². The third kappa shape index (κ3) is 4.76. The number of halogens is 2. The number of carbonyl (C=O) groups is 2. The predicted molar refractivity (Wildman–Crippen MR) is 129 cm³/mol. The van der Waals surface area contributed by atoms with E-state index in [0.717, 1.165) is 11.3 Å². The van der Waals surface area contributed by atoms with E-state index in [4.69, 9.17) is 21.1 Å². The quantitative estimate of drug-likeness (QED) is 0.521. The van der Waals surface area contributed by atoms with Crippen LogP contribution in [0.3, 0.4) is 0 Å². The fraction of sp³-hybridized carbons (Fsp3) is 0.167. The first-order chi connectivity index (χ1) is 16.5. The molecule has 3 aromatic rings. The third-order valence-electron chi connectivity index (χ3n) is 5.38. The van der Waals surface area contributed by atoms with Gasteiger partial charge in [0.15, 0.2) is 5.17 Å². The Hall–Kier alpha value is -3.43. The zero-order chi connectivity index (χ0) is 23.7. The van der Waals surface area contributed by atoms with E-state index in [2.05, 4.69) is 10.3 Å². The SMILES string of the molecule is O=C(C[C@@H]1SC(N2N=C(c3ccc(Cl)cc3)C[C@@H]2c2ccco2)=NC1=O)Nc1ccc(F)cc1. The second kappa shape index (κ2) is 9.44. The van der Waals surface area contributed by atoms with Gasteiger partial charge in [0.25, 0.3) is 5.91 Å². The summed E-state index contributed by atoms with van der Waals surface area (Å²) < 4.78 is 18.7. The zero-order valence-corrected chi connectivity index (χ0v) is 19.2. The molecule has 0 saturated carbocycles. The Bertz CT molecular complexity index is 1280. The first-order valence-electron chi connectivity index (χ1n) is 10.5. The molecule has 10 heteroatoms. The first-order valence-corrected chi connectivity index (χ1v) is 11.7. The summed E-state index contributed by atoms with van der Waals surface area (Å²) in [4.78, 5) is 29.3. The Balaban J connectivity index is 1.32. The molecule has 3 heterocycles. The van der Waals surface area contributed by atoms with Crippen molar-refractivity contribution in [2.45, 2.75) is 24.1 Å². The minimum absolute atomic E-state index is 0.0686. The lowest BCUT2D eigenvalue weighted by Gasteiger charge is -2.20. The molecule has 2 amide bonds. The molecule has 172 valence electrons. The van der Waals surface area contributed by atoms with Crippen molar-refractivity contribution in [3.63, 3.8) is 0 Å². The number of anilines is 1. The van der Waals surface area contributed by atoms with Crippen LogP contribution in [-0.2, 0) is 9.59 Å². The minimum atomic E-state index is -0.678.